The van der Waals surface area contributed by atoms with Gasteiger partial charge in [0.25, 0.3) is 0 Å². The van der Waals surface area contributed by atoms with Crippen LogP contribution in [0.3, 0.4) is 0 Å². The zero-order chi connectivity index (χ0) is 19.5. The van der Waals surface area contributed by atoms with Crippen LogP contribution in [0, 0.1) is 6.92 Å². The van der Waals surface area contributed by atoms with Crippen molar-refractivity contribution in [1.82, 2.24) is 14.6 Å². The quantitative estimate of drug-likeness (QED) is 0.537. The number of hydrogen-bond donors (Lipinski definition) is 1. The summed E-state index contributed by atoms with van der Waals surface area (Å²) in [6, 6.07) is 11.0. The van der Waals surface area contributed by atoms with Gasteiger partial charge in [-0.15, -0.1) is 0 Å². The van der Waals surface area contributed by atoms with E-state index in [4.69, 9.17) is 4.74 Å². The number of aryl methyl sites for hydroxylation is 1. The predicted molar refractivity (Wildman–Crippen MR) is 105 cm³/mol. The lowest BCUT2D eigenvalue weighted by atomic mass is 9.99. The molecule has 0 spiro atoms. The van der Waals surface area contributed by atoms with Gasteiger partial charge in [-0.3, -0.25) is 4.79 Å². The molecule has 0 bridgehead atoms. The maximum Gasteiger partial charge on any atom is 0.240 e. The van der Waals surface area contributed by atoms with Crippen molar-refractivity contribution in [2.75, 3.05) is 36.5 Å². The summed E-state index contributed by atoms with van der Waals surface area (Å²) in [5.41, 5.74) is 3.12. The van der Waals surface area contributed by atoms with Crippen molar-refractivity contribution in [3.8, 4) is 0 Å². The van der Waals surface area contributed by atoms with Crippen molar-refractivity contribution in [2.45, 2.75) is 12.8 Å². The van der Waals surface area contributed by atoms with E-state index < -0.39 is 11.8 Å². The second-order valence-corrected chi connectivity index (χ2v) is 6.68. The number of anilines is 2. The molecule has 1 aliphatic heterocycles. The number of aldehydes is 1. The first-order chi connectivity index (χ1) is 13.7. The van der Waals surface area contributed by atoms with E-state index in [0.717, 1.165) is 24.5 Å². The van der Waals surface area contributed by atoms with Gasteiger partial charge in [0.15, 0.2) is 5.65 Å². The molecule has 1 amide bonds. The molecule has 2 aromatic heterocycles. The van der Waals surface area contributed by atoms with Gasteiger partial charge in [-0.05, 0) is 30.7 Å². The SMILES string of the molecule is Cc1cc2nccc(NC(=O)C(C=O)c3ccc(N4CCOCC4)cc3)n2n1. The van der Waals surface area contributed by atoms with E-state index in [1.54, 1.807) is 16.8 Å². The maximum absolute atomic E-state index is 12.8. The summed E-state index contributed by atoms with van der Waals surface area (Å²) in [6.45, 7) is 4.92. The summed E-state index contributed by atoms with van der Waals surface area (Å²) in [7, 11) is 0. The van der Waals surface area contributed by atoms with Crippen LogP contribution in [0.5, 0.6) is 0 Å². The molecule has 1 atom stereocenters. The number of nitrogens with zero attached hydrogens (tertiary/aromatic N) is 4. The maximum atomic E-state index is 12.8. The number of hydrogen-bond acceptors (Lipinski definition) is 6. The van der Waals surface area contributed by atoms with Gasteiger partial charge in [0.2, 0.25) is 5.91 Å². The number of fused-ring (bicyclic) bond motifs is 1. The highest BCUT2D eigenvalue weighted by Gasteiger charge is 2.22. The predicted octanol–water partition coefficient (Wildman–Crippen LogP) is 1.80. The van der Waals surface area contributed by atoms with Gasteiger partial charge in [0, 0.05) is 31.0 Å². The van der Waals surface area contributed by atoms with Crippen LogP contribution in [0.15, 0.2) is 42.6 Å². The molecule has 1 unspecified atom stereocenters. The van der Waals surface area contributed by atoms with Crippen LogP contribution in [0.1, 0.15) is 17.2 Å². The van der Waals surface area contributed by atoms with E-state index >= 15 is 0 Å². The molecule has 3 heterocycles. The van der Waals surface area contributed by atoms with Gasteiger partial charge >= 0.3 is 0 Å². The summed E-state index contributed by atoms with van der Waals surface area (Å²) < 4.78 is 6.92. The van der Waals surface area contributed by atoms with Crippen LogP contribution in [-0.4, -0.2) is 53.1 Å². The zero-order valence-electron chi connectivity index (χ0n) is 15.5. The third kappa shape index (κ3) is 3.59. The molecule has 8 nitrogen and oxygen atoms in total. The molecule has 1 aliphatic rings. The number of rotatable bonds is 5. The summed E-state index contributed by atoms with van der Waals surface area (Å²) in [4.78, 5) is 30.9. The summed E-state index contributed by atoms with van der Waals surface area (Å²) in [6.07, 6.45) is 2.25. The Hall–Kier alpha value is -3.26. The van der Waals surface area contributed by atoms with Crippen molar-refractivity contribution >= 4 is 29.3 Å². The molecule has 28 heavy (non-hydrogen) atoms. The Balaban J connectivity index is 1.52. The van der Waals surface area contributed by atoms with E-state index in [2.05, 4.69) is 20.3 Å². The summed E-state index contributed by atoms with van der Waals surface area (Å²) in [5.74, 6) is -0.840. The smallest absolute Gasteiger partial charge is 0.240 e. The fourth-order valence-corrected chi connectivity index (χ4v) is 3.31. The minimum absolute atomic E-state index is 0.408. The van der Waals surface area contributed by atoms with Gasteiger partial charge in [0.05, 0.1) is 18.9 Å². The van der Waals surface area contributed by atoms with E-state index in [1.807, 2.05) is 37.3 Å². The van der Waals surface area contributed by atoms with Crippen LogP contribution < -0.4 is 10.2 Å². The molecule has 0 aliphatic carbocycles. The number of nitrogens with one attached hydrogen (secondary N) is 1. The molecule has 4 rings (SSSR count). The van der Waals surface area contributed by atoms with Gasteiger partial charge in [-0.1, -0.05) is 12.1 Å². The molecule has 3 aromatic rings. The average molecular weight is 379 g/mol. The number of amides is 1. The molecule has 1 aromatic carbocycles. The topological polar surface area (TPSA) is 88.8 Å². The van der Waals surface area contributed by atoms with Crippen LogP contribution >= 0.6 is 0 Å². The highest BCUT2D eigenvalue weighted by molar-refractivity contribution is 6.05. The van der Waals surface area contributed by atoms with Crippen LogP contribution in [0.4, 0.5) is 11.5 Å². The molecule has 0 radical (unpaired) electrons. The van der Waals surface area contributed by atoms with Crippen molar-refractivity contribution in [2.24, 2.45) is 0 Å². The molecule has 1 saturated heterocycles. The van der Waals surface area contributed by atoms with E-state index in [0.29, 0.717) is 36.5 Å². The van der Waals surface area contributed by atoms with Crippen LogP contribution in [-0.2, 0) is 14.3 Å². The minimum Gasteiger partial charge on any atom is -0.378 e. The van der Waals surface area contributed by atoms with E-state index in [9.17, 15) is 9.59 Å². The Morgan fingerprint density at radius 3 is 2.68 bits per heavy atom. The number of aromatic nitrogens is 3. The van der Waals surface area contributed by atoms with Gasteiger partial charge < -0.3 is 19.7 Å². The number of ether oxygens (including phenoxy) is 1. The average Bonchev–Trinajstić information content (AvgIpc) is 3.11. The fraction of sp³-hybridized carbons (Fsp3) is 0.300. The minimum atomic E-state index is -0.904. The van der Waals surface area contributed by atoms with E-state index in [1.165, 1.54) is 0 Å². The third-order valence-corrected chi connectivity index (χ3v) is 4.78. The second kappa shape index (κ2) is 7.77. The summed E-state index contributed by atoms with van der Waals surface area (Å²) in [5, 5.41) is 7.11. The summed E-state index contributed by atoms with van der Waals surface area (Å²) >= 11 is 0. The first-order valence-electron chi connectivity index (χ1n) is 9.16. The second-order valence-electron chi connectivity index (χ2n) is 6.68. The molecule has 8 heteroatoms. The lowest BCUT2D eigenvalue weighted by Gasteiger charge is -2.29. The Morgan fingerprint density at radius 2 is 1.96 bits per heavy atom. The Kier molecular flexibility index (Phi) is 5.03. The third-order valence-electron chi connectivity index (χ3n) is 4.78. The zero-order valence-corrected chi connectivity index (χ0v) is 15.5. The fourth-order valence-electron chi connectivity index (χ4n) is 3.31. The lowest BCUT2D eigenvalue weighted by Crippen LogP contribution is -2.36. The molecular weight excluding hydrogens is 358 g/mol. The van der Waals surface area contributed by atoms with Crippen molar-refractivity contribution in [3.63, 3.8) is 0 Å². The molecule has 1 N–H and O–H groups in total. The number of carbonyl (C=O) groups is 2. The largest absolute Gasteiger partial charge is 0.378 e. The van der Waals surface area contributed by atoms with Crippen molar-refractivity contribution in [1.29, 1.82) is 0 Å². The first-order valence-corrected chi connectivity index (χ1v) is 9.16. The molecule has 144 valence electrons. The van der Waals surface area contributed by atoms with Gasteiger partial charge in [-0.25, -0.2) is 4.98 Å². The highest BCUT2D eigenvalue weighted by atomic mass is 16.5. The van der Waals surface area contributed by atoms with Gasteiger partial charge in [0.1, 0.15) is 18.0 Å². The Labute approximate surface area is 162 Å². The van der Waals surface area contributed by atoms with Gasteiger partial charge in [-0.2, -0.15) is 9.61 Å². The molecule has 1 fully saturated rings. The Morgan fingerprint density at radius 1 is 1.21 bits per heavy atom. The number of benzene rings is 1. The monoisotopic (exact) mass is 379 g/mol. The Bertz CT molecular complexity index is 993. The number of morpholine rings is 1. The molecular formula is C20H21N5O3. The van der Waals surface area contributed by atoms with Crippen LogP contribution in [0.2, 0.25) is 0 Å². The highest BCUT2D eigenvalue weighted by Crippen LogP contribution is 2.22. The van der Waals surface area contributed by atoms with E-state index in [-0.39, 0.29) is 0 Å². The van der Waals surface area contributed by atoms with Crippen molar-refractivity contribution < 1.29 is 14.3 Å². The molecule has 0 saturated carbocycles. The first kappa shape index (κ1) is 18.1. The normalized spacial score (nSPS) is 15.4. The number of carbonyl (C=O) groups excluding carboxylic acids is 2. The van der Waals surface area contributed by atoms with Crippen molar-refractivity contribution in [3.05, 3.63) is 53.9 Å². The lowest BCUT2D eigenvalue weighted by molar-refractivity contribution is -0.122. The van der Waals surface area contributed by atoms with Crippen LogP contribution in [0.25, 0.3) is 5.65 Å². The standard InChI is InChI=1S/C20H21N5O3/c1-14-12-19-21-7-6-18(25(19)23-14)22-20(27)17(13-26)15-2-4-16(5-3-15)24-8-10-28-11-9-24/h2-7,12-13,17H,8-11H2,1H3,(H,22,27).